The Morgan fingerprint density at radius 2 is 1.87 bits per heavy atom. The Balaban J connectivity index is 1.83. The lowest BCUT2D eigenvalue weighted by molar-refractivity contribution is 0.169. The fourth-order valence-corrected chi connectivity index (χ4v) is 2.74. The summed E-state index contributed by atoms with van der Waals surface area (Å²) < 4.78 is 0. The summed E-state index contributed by atoms with van der Waals surface area (Å²) in [6, 6.07) is 1.85. The molecule has 88 valence electrons. The molecule has 0 spiro atoms. The number of nitrogens with zero attached hydrogens (tertiary/aromatic N) is 1. The molecule has 2 heteroatoms. The maximum atomic E-state index is 3.52. The first-order valence-corrected chi connectivity index (χ1v) is 6.88. The molecule has 1 atom stereocenters. The van der Waals surface area contributed by atoms with Crippen LogP contribution in [0.1, 0.15) is 51.9 Å². The second-order valence-electron chi connectivity index (χ2n) is 5.16. The van der Waals surface area contributed by atoms with Crippen LogP contribution in [-0.4, -0.2) is 36.6 Å². The predicted molar refractivity (Wildman–Crippen MR) is 65.1 cm³/mol. The van der Waals surface area contributed by atoms with E-state index >= 15 is 0 Å². The zero-order chi connectivity index (χ0) is 10.5. The summed E-state index contributed by atoms with van der Waals surface area (Å²) in [5, 5.41) is 3.52. The van der Waals surface area contributed by atoms with Gasteiger partial charge < -0.3 is 5.32 Å². The Bertz CT molecular complexity index is 169. The van der Waals surface area contributed by atoms with Gasteiger partial charge in [-0.25, -0.2) is 0 Å². The largest absolute Gasteiger partial charge is 0.317 e. The second-order valence-corrected chi connectivity index (χ2v) is 5.16. The van der Waals surface area contributed by atoms with Crippen molar-refractivity contribution in [3.8, 4) is 0 Å². The standard InChI is InChI=1S/C13H26N2/c1-2-3-11-15(13-6-7-13)12-5-4-9-14-10-8-12/h12-14H,2-11H2,1H3. The van der Waals surface area contributed by atoms with Gasteiger partial charge in [-0.3, -0.25) is 4.90 Å². The van der Waals surface area contributed by atoms with E-state index in [1.165, 1.54) is 64.6 Å². The van der Waals surface area contributed by atoms with Crippen molar-refractivity contribution in [1.82, 2.24) is 10.2 Å². The molecule has 0 aromatic rings. The summed E-state index contributed by atoms with van der Waals surface area (Å²) in [5.74, 6) is 0. The molecule has 1 saturated heterocycles. The van der Waals surface area contributed by atoms with Crippen molar-refractivity contribution in [2.75, 3.05) is 19.6 Å². The molecule has 1 saturated carbocycles. The van der Waals surface area contributed by atoms with Crippen LogP contribution in [-0.2, 0) is 0 Å². The lowest BCUT2D eigenvalue weighted by Crippen LogP contribution is -2.38. The van der Waals surface area contributed by atoms with Gasteiger partial charge in [0.1, 0.15) is 0 Å². The molecule has 15 heavy (non-hydrogen) atoms. The zero-order valence-corrected chi connectivity index (χ0v) is 10.2. The molecule has 2 rings (SSSR count). The van der Waals surface area contributed by atoms with Crippen LogP contribution in [0.15, 0.2) is 0 Å². The third kappa shape index (κ3) is 3.46. The highest BCUT2D eigenvalue weighted by molar-refractivity contribution is 4.89. The minimum Gasteiger partial charge on any atom is -0.317 e. The van der Waals surface area contributed by atoms with Gasteiger partial charge in [0.05, 0.1) is 0 Å². The van der Waals surface area contributed by atoms with Gasteiger partial charge in [0, 0.05) is 12.1 Å². The molecule has 0 aromatic heterocycles. The Hall–Kier alpha value is -0.0800. The Morgan fingerprint density at radius 1 is 1.07 bits per heavy atom. The minimum absolute atomic E-state index is 0.888. The summed E-state index contributed by atoms with van der Waals surface area (Å²) in [5.41, 5.74) is 0. The molecule has 0 amide bonds. The highest BCUT2D eigenvalue weighted by Crippen LogP contribution is 2.31. The Morgan fingerprint density at radius 3 is 2.60 bits per heavy atom. The van der Waals surface area contributed by atoms with Crippen LogP contribution in [0.25, 0.3) is 0 Å². The van der Waals surface area contributed by atoms with Gasteiger partial charge in [-0.1, -0.05) is 13.3 Å². The number of hydrogen-bond donors (Lipinski definition) is 1. The van der Waals surface area contributed by atoms with E-state index in [9.17, 15) is 0 Å². The summed E-state index contributed by atoms with van der Waals surface area (Å²) in [4.78, 5) is 2.83. The smallest absolute Gasteiger partial charge is 0.0111 e. The fourth-order valence-electron chi connectivity index (χ4n) is 2.74. The SMILES string of the molecule is CCCCN(C1CCCNCC1)C1CC1. The summed E-state index contributed by atoms with van der Waals surface area (Å²) >= 11 is 0. The van der Waals surface area contributed by atoms with E-state index in [-0.39, 0.29) is 0 Å². The molecule has 1 heterocycles. The van der Waals surface area contributed by atoms with E-state index in [1.54, 1.807) is 0 Å². The highest BCUT2D eigenvalue weighted by Gasteiger charge is 2.33. The van der Waals surface area contributed by atoms with Gasteiger partial charge in [0.25, 0.3) is 0 Å². The molecule has 1 N–H and O–H groups in total. The first-order chi connectivity index (χ1) is 7.42. The molecule has 1 unspecified atom stereocenters. The van der Waals surface area contributed by atoms with E-state index in [4.69, 9.17) is 0 Å². The van der Waals surface area contributed by atoms with Gasteiger partial charge in [-0.05, 0) is 58.2 Å². The van der Waals surface area contributed by atoms with Crippen LogP contribution < -0.4 is 5.32 Å². The van der Waals surface area contributed by atoms with Crippen LogP contribution in [0.2, 0.25) is 0 Å². The summed E-state index contributed by atoms with van der Waals surface area (Å²) in [6.07, 6.45) is 9.84. The molecule has 2 fully saturated rings. The number of unbranched alkanes of at least 4 members (excludes halogenated alkanes) is 1. The van der Waals surface area contributed by atoms with Gasteiger partial charge in [0.15, 0.2) is 0 Å². The molecule has 0 bridgehead atoms. The molecule has 2 aliphatic rings. The molecule has 2 nitrogen and oxygen atoms in total. The Labute approximate surface area is 94.4 Å². The number of hydrogen-bond acceptors (Lipinski definition) is 2. The van der Waals surface area contributed by atoms with Gasteiger partial charge >= 0.3 is 0 Å². The van der Waals surface area contributed by atoms with Crippen molar-refractivity contribution in [3.63, 3.8) is 0 Å². The topological polar surface area (TPSA) is 15.3 Å². The van der Waals surface area contributed by atoms with E-state index in [2.05, 4.69) is 17.1 Å². The molecule has 0 radical (unpaired) electrons. The number of rotatable bonds is 5. The lowest BCUT2D eigenvalue weighted by Gasteiger charge is -2.31. The minimum atomic E-state index is 0.888. The average Bonchev–Trinajstić information content (AvgIpc) is 3.05. The van der Waals surface area contributed by atoms with Crippen LogP contribution in [0.4, 0.5) is 0 Å². The molecule has 1 aliphatic heterocycles. The van der Waals surface area contributed by atoms with Gasteiger partial charge in [-0.15, -0.1) is 0 Å². The molecular formula is C13H26N2. The zero-order valence-electron chi connectivity index (χ0n) is 10.2. The monoisotopic (exact) mass is 210 g/mol. The maximum absolute atomic E-state index is 3.52. The van der Waals surface area contributed by atoms with E-state index in [0.29, 0.717) is 0 Å². The molecule has 0 aromatic carbocycles. The van der Waals surface area contributed by atoms with E-state index in [0.717, 1.165) is 12.1 Å². The van der Waals surface area contributed by atoms with Crippen LogP contribution in [0.3, 0.4) is 0 Å². The second kappa shape index (κ2) is 5.86. The van der Waals surface area contributed by atoms with Crippen LogP contribution >= 0.6 is 0 Å². The van der Waals surface area contributed by atoms with Crippen LogP contribution in [0.5, 0.6) is 0 Å². The third-order valence-electron chi connectivity index (χ3n) is 3.80. The average molecular weight is 210 g/mol. The lowest BCUT2D eigenvalue weighted by atomic mass is 10.1. The Kier molecular flexibility index (Phi) is 4.45. The fraction of sp³-hybridized carbons (Fsp3) is 1.00. The first-order valence-electron chi connectivity index (χ1n) is 6.88. The maximum Gasteiger partial charge on any atom is 0.0111 e. The van der Waals surface area contributed by atoms with Crippen molar-refractivity contribution in [3.05, 3.63) is 0 Å². The van der Waals surface area contributed by atoms with Gasteiger partial charge in [-0.2, -0.15) is 0 Å². The summed E-state index contributed by atoms with van der Waals surface area (Å²) in [6.45, 7) is 6.13. The van der Waals surface area contributed by atoms with Crippen molar-refractivity contribution >= 4 is 0 Å². The van der Waals surface area contributed by atoms with Crippen LogP contribution in [0, 0.1) is 0 Å². The van der Waals surface area contributed by atoms with Crippen molar-refractivity contribution in [1.29, 1.82) is 0 Å². The quantitative estimate of drug-likeness (QED) is 0.749. The van der Waals surface area contributed by atoms with Crippen molar-refractivity contribution in [2.24, 2.45) is 0 Å². The van der Waals surface area contributed by atoms with Gasteiger partial charge in [0.2, 0.25) is 0 Å². The number of nitrogens with one attached hydrogen (secondary N) is 1. The van der Waals surface area contributed by atoms with E-state index < -0.39 is 0 Å². The van der Waals surface area contributed by atoms with E-state index in [1.807, 2.05) is 0 Å². The molecular weight excluding hydrogens is 184 g/mol. The summed E-state index contributed by atoms with van der Waals surface area (Å²) in [7, 11) is 0. The van der Waals surface area contributed by atoms with Crippen molar-refractivity contribution in [2.45, 2.75) is 64.0 Å². The molecule has 1 aliphatic carbocycles. The normalized spacial score (nSPS) is 28.0. The highest BCUT2D eigenvalue weighted by atomic mass is 15.2. The predicted octanol–water partition coefficient (Wildman–Crippen LogP) is 2.39. The van der Waals surface area contributed by atoms with Crippen molar-refractivity contribution < 1.29 is 0 Å². The third-order valence-corrected chi connectivity index (χ3v) is 3.80. The first kappa shape index (κ1) is 11.4.